The van der Waals surface area contributed by atoms with E-state index in [9.17, 15) is 0 Å². The molecule has 0 saturated carbocycles. The van der Waals surface area contributed by atoms with E-state index in [4.69, 9.17) is 0 Å². The Morgan fingerprint density at radius 3 is 1.14 bits per heavy atom. The highest BCUT2D eigenvalue weighted by molar-refractivity contribution is 6.17. The molecule has 0 aliphatic heterocycles. The van der Waals surface area contributed by atoms with E-state index >= 15 is 0 Å². The molecular formula is C72H48N2. The molecule has 0 atom stereocenters. The summed E-state index contributed by atoms with van der Waals surface area (Å²) in [4.78, 5) is 0. The van der Waals surface area contributed by atoms with Gasteiger partial charge in [0.2, 0.25) is 0 Å². The second kappa shape index (κ2) is 18.1. The van der Waals surface area contributed by atoms with E-state index in [1.165, 1.54) is 116 Å². The predicted octanol–water partition coefficient (Wildman–Crippen LogP) is 19.5. The number of rotatable bonds is 9. The third kappa shape index (κ3) is 7.52. The normalized spacial score (nSPS) is 11.5. The molecule has 14 rings (SSSR count). The van der Waals surface area contributed by atoms with Crippen molar-refractivity contribution in [2.24, 2.45) is 0 Å². The van der Waals surface area contributed by atoms with Crippen LogP contribution in [0.5, 0.6) is 0 Å². The van der Waals surface area contributed by atoms with Crippen molar-refractivity contribution in [2.45, 2.75) is 0 Å². The van der Waals surface area contributed by atoms with E-state index < -0.39 is 0 Å². The van der Waals surface area contributed by atoms with Gasteiger partial charge in [0.1, 0.15) is 0 Å². The molecule has 0 spiro atoms. The topological polar surface area (TPSA) is 9.86 Å². The first-order valence-corrected chi connectivity index (χ1v) is 25.5. The molecule has 2 nitrogen and oxygen atoms in total. The molecule has 0 amide bonds. The standard InChI is InChI=1S/C72H48N2/c1-6-19-49(20-7-1)54-29-16-31-60(43-54)62-33-18-34-71-72(62)66-48-59(38-42-70(66)73(71)61-32-17-30-55(44-61)50-21-8-2-9-22-50)58-37-41-69-65(47-58)64-46-57(52-25-12-4-13-26-52)36-40-68(64)74(69)67-39-35-56(51-23-10-3-11-24-51)45-63(67)53-27-14-5-15-28-53/h1-48H. The fraction of sp³-hybridized carbons (Fsp3) is 0. The Balaban J connectivity index is 0.994. The zero-order valence-electron chi connectivity index (χ0n) is 40.6. The van der Waals surface area contributed by atoms with Gasteiger partial charge in [-0.05, 0) is 145 Å². The van der Waals surface area contributed by atoms with Crippen LogP contribution in [0.3, 0.4) is 0 Å². The summed E-state index contributed by atoms with van der Waals surface area (Å²) < 4.78 is 4.94. The monoisotopic (exact) mass is 940 g/mol. The van der Waals surface area contributed by atoms with Gasteiger partial charge in [0.25, 0.3) is 0 Å². The molecule has 0 N–H and O–H groups in total. The summed E-state index contributed by atoms with van der Waals surface area (Å²) >= 11 is 0. The van der Waals surface area contributed by atoms with Gasteiger partial charge in [-0.25, -0.2) is 0 Å². The number of nitrogens with zero attached hydrogens (tertiary/aromatic N) is 2. The van der Waals surface area contributed by atoms with E-state index in [-0.39, 0.29) is 0 Å². The number of benzene rings is 12. The zero-order chi connectivity index (χ0) is 49.0. The van der Waals surface area contributed by atoms with E-state index in [0.29, 0.717) is 0 Å². The van der Waals surface area contributed by atoms with E-state index in [1.807, 2.05) is 0 Å². The Bertz CT molecular complexity index is 4380. The van der Waals surface area contributed by atoms with Crippen LogP contribution in [0.1, 0.15) is 0 Å². The highest BCUT2D eigenvalue weighted by atomic mass is 15.0. The molecule has 74 heavy (non-hydrogen) atoms. The van der Waals surface area contributed by atoms with Gasteiger partial charge < -0.3 is 9.13 Å². The van der Waals surface area contributed by atoms with Crippen molar-refractivity contribution < 1.29 is 0 Å². The first-order chi connectivity index (χ1) is 36.7. The van der Waals surface area contributed by atoms with Gasteiger partial charge in [-0.3, -0.25) is 0 Å². The third-order valence-electron chi connectivity index (χ3n) is 14.9. The molecule has 0 unspecified atom stereocenters. The van der Waals surface area contributed by atoms with Gasteiger partial charge in [-0.2, -0.15) is 0 Å². The second-order valence-corrected chi connectivity index (χ2v) is 19.3. The minimum absolute atomic E-state index is 1.13. The summed E-state index contributed by atoms with van der Waals surface area (Å²) in [6.45, 7) is 0. The van der Waals surface area contributed by atoms with Crippen LogP contribution in [0.25, 0.3) is 133 Å². The summed E-state index contributed by atoms with van der Waals surface area (Å²) in [5.74, 6) is 0. The fourth-order valence-corrected chi connectivity index (χ4v) is 11.4. The Morgan fingerprint density at radius 1 is 0.189 bits per heavy atom. The lowest BCUT2D eigenvalue weighted by Crippen LogP contribution is -1.98. The van der Waals surface area contributed by atoms with Crippen LogP contribution in [0.15, 0.2) is 291 Å². The van der Waals surface area contributed by atoms with Gasteiger partial charge in [0.05, 0.1) is 27.8 Å². The number of hydrogen-bond acceptors (Lipinski definition) is 0. The molecule has 14 aromatic rings. The van der Waals surface area contributed by atoms with Crippen LogP contribution in [-0.4, -0.2) is 9.13 Å². The van der Waals surface area contributed by atoms with Gasteiger partial charge in [-0.1, -0.05) is 218 Å². The maximum Gasteiger partial charge on any atom is 0.0547 e. The van der Waals surface area contributed by atoms with E-state index in [1.54, 1.807) is 0 Å². The molecular weight excluding hydrogens is 893 g/mol. The van der Waals surface area contributed by atoms with Crippen molar-refractivity contribution in [3.05, 3.63) is 291 Å². The van der Waals surface area contributed by atoms with E-state index in [2.05, 4.69) is 300 Å². The highest BCUT2D eigenvalue weighted by Gasteiger charge is 2.21. The molecule has 2 heteroatoms. The van der Waals surface area contributed by atoms with Gasteiger partial charge in [0.15, 0.2) is 0 Å². The molecule has 0 bridgehead atoms. The van der Waals surface area contributed by atoms with Crippen molar-refractivity contribution in [3.63, 3.8) is 0 Å². The van der Waals surface area contributed by atoms with Crippen LogP contribution >= 0.6 is 0 Å². The minimum atomic E-state index is 1.13. The summed E-state index contributed by atoms with van der Waals surface area (Å²) in [5, 5.41) is 4.87. The highest BCUT2D eigenvalue weighted by Crippen LogP contribution is 2.44. The van der Waals surface area contributed by atoms with Crippen LogP contribution in [0.4, 0.5) is 0 Å². The van der Waals surface area contributed by atoms with Crippen molar-refractivity contribution in [3.8, 4) is 89.3 Å². The molecule has 0 aliphatic carbocycles. The molecule has 0 aliphatic rings. The van der Waals surface area contributed by atoms with Crippen LogP contribution in [-0.2, 0) is 0 Å². The molecule has 2 aromatic heterocycles. The van der Waals surface area contributed by atoms with Crippen molar-refractivity contribution in [1.82, 2.24) is 9.13 Å². The van der Waals surface area contributed by atoms with Crippen LogP contribution < -0.4 is 0 Å². The van der Waals surface area contributed by atoms with Crippen molar-refractivity contribution in [2.75, 3.05) is 0 Å². The van der Waals surface area contributed by atoms with Crippen molar-refractivity contribution in [1.29, 1.82) is 0 Å². The van der Waals surface area contributed by atoms with Gasteiger partial charge >= 0.3 is 0 Å². The predicted molar refractivity (Wildman–Crippen MR) is 313 cm³/mol. The smallest absolute Gasteiger partial charge is 0.0547 e. The SMILES string of the molecule is c1ccc(-c2cccc(-c3cccc4c3c3cc(-c5ccc6c(c5)c5cc(-c7ccccc7)ccc5n6-c5ccc(-c6ccccc6)cc5-c5ccccc5)ccc3n4-c3cccc(-c4ccccc4)c3)c2)cc1. The lowest BCUT2D eigenvalue weighted by atomic mass is 9.95. The Labute approximate surface area is 431 Å². The molecule has 0 radical (unpaired) electrons. The average molecular weight is 941 g/mol. The Hall–Kier alpha value is -9.76. The summed E-state index contributed by atoms with van der Waals surface area (Å²) in [6, 6.07) is 107. The van der Waals surface area contributed by atoms with Crippen LogP contribution in [0.2, 0.25) is 0 Å². The van der Waals surface area contributed by atoms with Crippen LogP contribution in [0, 0.1) is 0 Å². The fourth-order valence-electron chi connectivity index (χ4n) is 11.4. The quantitative estimate of drug-likeness (QED) is 0.136. The maximum atomic E-state index is 2.48. The average Bonchev–Trinajstić information content (AvgIpc) is 4.00. The molecule has 2 heterocycles. The number of fused-ring (bicyclic) bond motifs is 6. The first kappa shape index (κ1) is 43.1. The second-order valence-electron chi connectivity index (χ2n) is 19.3. The van der Waals surface area contributed by atoms with Gasteiger partial charge in [-0.15, -0.1) is 0 Å². The minimum Gasteiger partial charge on any atom is -0.309 e. The number of hydrogen-bond donors (Lipinski definition) is 0. The first-order valence-electron chi connectivity index (χ1n) is 25.5. The largest absolute Gasteiger partial charge is 0.309 e. The lowest BCUT2D eigenvalue weighted by Gasteiger charge is -2.16. The summed E-state index contributed by atoms with van der Waals surface area (Å²) in [7, 11) is 0. The number of aromatic nitrogens is 2. The summed E-state index contributed by atoms with van der Waals surface area (Å²) in [6.07, 6.45) is 0. The van der Waals surface area contributed by atoms with Gasteiger partial charge in [0, 0.05) is 32.8 Å². The van der Waals surface area contributed by atoms with Crippen molar-refractivity contribution >= 4 is 43.6 Å². The third-order valence-corrected chi connectivity index (χ3v) is 14.9. The van der Waals surface area contributed by atoms with E-state index in [0.717, 1.165) is 16.9 Å². The molecule has 0 saturated heterocycles. The Kier molecular flexibility index (Phi) is 10.6. The molecule has 0 fully saturated rings. The maximum absolute atomic E-state index is 2.48. The summed E-state index contributed by atoms with van der Waals surface area (Å²) in [5.41, 5.74) is 23.6. The molecule has 346 valence electrons. The molecule has 12 aromatic carbocycles. The Morgan fingerprint density at radius 2 is 0.581 bits per heavy atom. The zero-order valence-corrected chi connectivity index (χ0v) is 40.6. The lowest BCUT2D eigenvalue weighted by molar-refractivity contribution is 1.18.